The van der Waals surface area contributed by atoms with Crippen molar-refractivity contribution in [1.29, 1.82) is 0 Å². The molecule has 0 bridgehead atoms. The van der Waals surface area contributed by atoms with E-state index in [0.717, 1.165) is 11.8 Å². The number of furan rings is 1. The van der Waals surface area contributed by atoms with Crippen molar-refractivity contribution in [3.05, 3.63) is 51.0 Å². The largest absolute Gasteiger partial charge is 0.457 e. The van der Waals surface area contributed by atoms with E-state index in [4.69, 9.17) is 27.6 Å². The quantitative estimate of drug-likeness (QED) is 0.813. The molecule has 1 aromatic carbocycles. The van der Waals surface area contributed by atoms with E-state index in [1.807, 2.05) is 0 Å². The van der Waals surface area contributed by atoms with E-state index < -0.39 is 11.1 Å². The van der Waals surface area contributed by atoms with Crippen LogP contribution in [0.4, 0.5) is 4.79 Å². The molecule has 1 fully saturated rings. The van der Waals surface area contributed by atoms with Crippen LogP contribution in [-0.4, -0.2) is 11.1 Å². The molecule has 4 nitrogen and oxygen atoms in total. The molecule has 1 aliphatic heterocycles. The Morgan fingerprint density at radius 2 is 1.95 bits per heavy atom. The van der Waals surface area contributed by atoms with Crippen LogP contribution < -0.4 is 5.32 Å². The number of halogens is 2. The third-order valence-corrected chi connectivity index (χ3v) is 4.11. The predicted octanol–water partition coefficient (Wildman–Crippen LogP) is 4.58. The Labute approximate surface area is 134 Å². The van der Waals surface area contributed by atoms with Crippen LogP contribution in [0.3, 0.4) is 0 Å². The molecular formula is C14H7Cl2NO3S. The van der Waals surface area contributed by atoms with E-state index >= 15 is 0 Å². The Hall–Kier alpha value is -1.69. The van der Waals surface area contributed by atoms with Gasteiger partial charge in [0, 0.05) is 16.7 Å². The lowest BCUT2D eigenvalue weighted by Crippen LogP contribution is -2.17. The third kappa shape index (κ3) is 3.00. The standard InChI is InChI=1S/C14H7Cl2NO3S/c15-7-1-3-10(16)9(5-7)11-4-2-8(20-11)6-12-13(18)17-14(19)21-12/h1-6H,(H,17,18,19)/b12-6-. The highest BCUT2D eigenvalue weighted by Gasteiger charge is 2.25. The van der Waals surface area contributed by atoms with Gasteiger partial charge in [-0.1, -0.05) is 23.2 Å². The van der Waals surface area contributed by atoms with Crippen LogP contribution >= 0.6 is 35.0 Å². The number of benzene rings is 1. The number of rotatable bonds is 2. The molecule has 1 aromatic heterocycles. The molecule has 2 heterocycles. The van der Waals surface area contributed by atoms with Gasteiger partial charge in [-0.25, -0.2) is 0 Å². The van der Waals surface area contributed by atoms with Crippen LogP contribution in [0.25, 0.3) is 17.4 Å². The van der Waals surface area contributed by atoms with Gasteiger partial charge in [-0.15, -0.1) is 0 Å². The van der Waals surface area contributed by atoms with E-state index in [2.05, 4.69) is 5.32 Å². The number of hydrogen-bond donors (Lipinski definition) is 1. The zero-order chi connectivity index (χ0) is 15.0. The van der Waals surface area contributed by atoms with Gasteiger partial charge < -0.3 is 4.42 Å². The Morgan fingerprint density at radius 1 is 1.14 bits per heavy atom. The number of thioether (sulfide) groups is 1. The van der Waals surface area contributed by atoms with Gasteiger partial charge in [0.05, 0.1) is 9.93 Å². The molecule has 1 N–H and O–H groups in total. The minimum absolute atomic E-state index is 0.290. The fourth-order valence-corrected chi connectivity index (χ4v) is 2.86. The SMILES string of the molecule is O=C1NC(=O)/C(=C/c2ccc(-c3cc(Cl)ccc3Cl)o2)S1. The maximum Gasteiger partial charge on any atom is 0.290 e. The normalized spacial score (nSPS) is 16.6. The van der Waals surface area contributed by atoms with Crippen molar-refractivity contribution in [1.82, 2.24) is 5.32 Å². The number of carbonyl (C=O) groups is 2. The zero-order valence-electron chi connectivity index (χ0n) is 10.4. The predicted molar refractivity (Wildman–Crippen MR) is 83.3 cm³/mol. The van der Waals surface area contributed by atoms with Crippen LogP contribution in [0.5, 0.6) is 0 Å². The average Bonchev–Trinajstić information content (AvgIpc) is 3.00. The molecule has 0 radical (unpaired) electrons. The Kier molecular flexibility index (Phi) is 3.80. The van der Waals surface area contributed by atoms with Crippen molar-refractivity contribution >= 4 is 52.2 Å². The molecule has 3 rings (SSSR count). The van der Waals surface area contributed by atoms with E-state index in [-0.39, 0.29) is 4.91 Å². The summed E-state index contributed by atoms with van der Waals surface area (Å²) in [4.78, 5) is 22.8. The first-order valence-electron chi connectivity index (χ1n) is 5.83. The summed E-state index contributed by atoms with van der Waals surface area (Å²) in [6, 6.07) is 8.48. The van der Waals surface area contributed by atoms with Gasteiger partial charge in [0.25, 0.3) is 11.1 Å². The van der Waals surface area contributed by atoms with Crippen molar-refractivity contribution in [2.24, 2.45) is 0 Å². The van der Waals surface area contributed by atoms with Crippen LogP contribution in [-0.2, 0) is 4.79 Å². The molecule has 0 spiro atoms. The van der Waals surface area contributed by atoms with Crippen LogP contribution in [0.1, 0.15) is 5.76 Å². The van der Waals surface area contributed by atoms with Gasteiger partial charge in [0.2, 0.25) is 0 Å². The second kappa shape index (κ2) is 5.60. The maximum absolute atomic E-state index is 11.5. The molecule has 7 heteroatoms. The topological polar surface area (TPSA) is 59.3 Å². The first kappa shape index (κ1) is 14.3. The monoisotopic (exact) mass is 339 g/mol. The molecular weight excluding hydrogens is 333 g/mol. The van der Waals surface area contributed by atoms with Gasteiger partial charge in [-0.3, -0.25) is 14.9 Å². The van der Waals surface area contributed by atoms with Gasteiger partial charge in [-0.2, -0.15) is 0 Å². The molecule has 1 saturated heterocycles. The Morgan fingerprint density at radius 3 is 2.67 bits per heavy atom. The van der Waals surface area contributed by atoms with E-state index in [9.17, 15) is 9.59 Å². The van der Waals surface area contributed by atoms with E-state index in [1.54, 1.807) is 30.3 Å². The summed E-state index contributed by atoms with van der Waals surface area (Å²) in [5.74, 6) is 0.557. The summed E-state index contributed by atoms with van der Waals surface area (Å²) >= 11 is 12.9. The average molecular weight is 340 g/mol. The first-order chi connectivity index (χ1) is 10.0. The summed E-state index contributed by atoms with van der Waals surface area (Å²) in [6.45, 7) is 0. The summed E-state index contributed by atoms with van der Waals surface area (Å²) in [7, 11) is 0. The second-order valence-electron chi connectivity index (χ2n) is 4.18. The Bertz CT molecular complexity index is 782. The third-order valence-electron chi connectivity index (χ3n) is 2.74. The number of amides is 2. The molecule has 0 unspecified atom stereocenters. The maximum atomic E-state index is 11.5. The van der Waals surface area contributed by atoms with Crippen molar-refractivity contribution in [3.8, 4) is 11.3 Å². The van der Waals surface area contributed by atoms with Crippen molar-refractivity contribution < 1.29 is 14.0 Å². The fourth-order valence-electron chi connectivity index (χ4n) is 1.81. The minimum atomic E-state index is -0.427. The second-order valence-corrected chi connectivity index (χ2v) is 6.04. The van der Waals surface area contributed by atoms with Crippen LogP contribution in [0.15, 0.2) is 39.7 Å². The van der Waals surface area contributed by atoms with Crippen molar-refractivity contribution in [3.63, 3.8) is 0 Å². The highest BCUT2D eigenvalue weighted by molar-refractivity contribution is 8.18. The summed E-state index contributed by atoms with van der Waals surface area (Å²) < 4.78 is 5.63. The minimum Gasteiger partial charge on any atom is -0.457 e. The van der Waals surface area contributed by atoms with E-state index in [0.29, 0.717) is 27.1 Å². The Balaban J connectivity index is 1.94. The number of carbonyl (C=O) groups excluding carboxylic acids is 2. The summed E-state index contributed by atoms with van der Waals surface area (Å²) in [5.41, 5.74) is 0.661. The number of nitrogens with one attached hydrogen (secondary N) is 1. The summed E-state index contributed by atoms with van der Waals surface area (Å²) in [5, 5.41) is 2.84. The molecule has 106 valence electrons. The number of hydrogen-bond acceptors (Lipinski definition) is 4. The highest BCUT2D eigenvalue weighted by atomic mass is 35.5. The molecule has 0 saturated carbocycles. The van der Waals surface area contributed by atoms with Crippen molar-refractivity contribution in [2.75, 3.05) is 0 Å². The van der Waals surface area contributed by atoms with Gasteiger partial charge in [-0.05, 0) is 42.1 Å². The molecule has 0 atom stereocenters. The van der Waals surface area contributed by atoms with Gasteiger partial charge in [0.15, 0.2) is 0 Å². The fraction of sp³-hybridized carbons (Fsp3) is 0. The van der Waals surface area contributed by atoms with Crippen molar-refractivity contribution in [2.45, 2.75) is 0 Å². The lowest BCUT2D eigenvalue weighted by atomic mass is 10.2. The molecule has 1 aliphatic rings. The summed E-state index contributed by atoms with van der Waals surface area (Å²) in [6.07, 6.45) is 1.51. The van der Waals surface area contributed by atoms with Crippen LogP contribution in [0.2, 0.25) is 10.0 Å². The molecule has 2 amide bonds. The van der Waals surface area contributed by atoms with Gasteiger partial charge >= 0.3 is 0 Å². The van der Waals surface area contributed by atoms with E-state index in [1.165, 1.54) is 6.08 Å². The number of imide groups is 1. The first-order valence-corrected chi connectivity index (χ1v) is 7.40. The van der Waals surface area contributed by atoms with Gasteiger partial charge in [0.1, 0.15) is 11.5 Å². The highest BCUT2D eigenvalue weighted by Crippen LogP contribution is 2.33. The molecule has 2 aromatic rings. The smallest absolute Gasteiger partial charge is 0.290 e. The molecule has 0 aliphatic carbocycles. The zero-order valence-corrected chi connectivity index (χ0v) is 12.7. The lowest BCUT2D eigenvalue weighted by Gasteiger charge is -2.01. The van der Waals surface area contributed by atoms with Crippen LogP contribution in [0, 0.1) is 0 Å². The molecule has 21 heavy (non-hydrogen) atoms. The lowest BCUT2D eigenvalue weighted by molar-refractivity contribution is -0.115.